The molecule has 0 radical (unpaired) electrons. The predicted octanol–water partition coefficient (Wildman–Crippen LogP) is 1.17. The van der Waals surface area contributed by atoms with Crippen LogP contribution in [0.4, 0.5) is 0 Å². The second kappa shape index (κ2) is 7.67. The van der Waals surface area contributed by atoms with Crippen LogP contribution >= 0.6 is 12.4 Å². The van der Waals surface area contributed by atoms with Gasteiger partial charge in [0, 0.05) is 26.7 Å². The summed E-state index contributed by atoms with van der Waals surface area (Å²) in [6.45, 7) is 3.08. The molecule has 1 atom stereocenters. The van der Waals surface area contributed by atoms with Gasteiger partial charge in [0.1, 0.15) is 0 Å². The molecule has 1 saturated heterocycles. The number of ether oxygens (including phenoxy) is 3. The molecule has 0 aromatic heterocycles. The maximum atomic E-state index is 12.2. The predicted molar refractivity (Wildman–Crippen MR) is 83.5 cm³/mol. The standard InChI is InChI=1S/C15H20N2O4.ClH/c1-17(15(18)7-12-8-16-4-5-19-12)9-11-2-3-13-14(6-11)21-10-20-13;/h2-3,6,12,16H,4-5,7-10H2,1H3;1H. The number of nitrogens with zero attached hydrogens (tertiary/aromatic N) is 1. The zero-order chi connectivity index (χ0) is 14.7. The number of carbonyl (C=O) groups excluding carboxylic acids is 1. The summed E-state index contributed by atoms with van der Waals surface area (Å²) in [5, 5.41) is 3.23. The highest BCUT2D eigenvalue weighted by Gasteiger charge is 2.20. The normalized spacial score (nSPS) is 19.4. The molecule has 2 heterocycles. The Balaban J connectivity index is 0.00000176. The van der Waals surface area contributed by atoms with Crippen molar-refractivity contribution in [3.8, 4) is 11.5 Å². The highest BCUT2D eigenvalue weighted by atomic mass is 35.5. The van der Waals surface area contributed by atoms with Crippen molar-refractivity contribution in [1.82, 2.24) is 10.2 Å². The van der Waals surface area contributed by atoms with Crippen molar-refractivity contribution in [3.63, 3.8) is 0 Å². The van der Waals surface area contributed by atoms with Crippen LogP contribution in [0.25, 0.3) is 0 Å². The van der Waals surface area contributed by atoms with Crippen LogP contribution < -0.4 is 14.8 Å². The zero-order valence-corrected chi connectivity index (χ0v) is 13.4. The summed E-state index contributed by atoms with van der Waals surface area (Å²) in [6, 6.07) is 5.75. The van der Waals surface area contributed by atoms with E-state index in [1.54, 1.807) is 4.90 Å². The molecule has 0 bridgehead atoms. The first-order chi connectivity index (χ1) is 10.2. The van der Waals surface area contributed by atoms with Gasteiger partial charge in [-0.05, 0) is 17.7 Å². The van der Waals surface area contributed by atoms with E-state index in [1.807, 2.05) is 25.2 Å². The number of hydrogen-bond donors (Lipinski definition) is 1. The van der Waals surface area contributed by atoms with Gasteiger partial charge in [-0.25, -0.2) is 0 Å². The van der Waals surface area contributed by atoms with Gasteiger partial charge in [0.15, 0.2) is 11.5 Å². The van der Waals surface area contributed by atoms with Crippen molar-refractivity contribution in [2.24, 2.45) is 0 Å². The average molecular weight is 329 g/mol. The largest absolute Gasteiger partial charge is 0.454 e. The van der Waals surface area contributed by atoms with Crippen LogP contribution in [0.5, 0.6) is 11.5 Å². The maximum absolute atomic E-state index is 12.2. The van der Waals surface area contributed by atoms with Gasteiger partial charge in [-0.3, -0.25) is 4.79 Å². The van der Waals surface area contributed by atoms with Crippen LogP contribution in [-0.2, 0) is 16.1 Å². The lowest BCUT2D eigenvalue weighted by Crippen LogP contribution is -2.41. The molecule has 7 heteroatoms. The number of nitrogens with one attached hydrogen (secondary N) is 1. The number of fused-ring (bicyclic) bond motifs is 1. The minimum atomic E-state index is -0.0227. The lowest BCUT2D eigenvalue weighted by atomic mass is 10.1. The van der Waals surface area contributed by atoms with E-state index in [4.69, 9.17) is 14.2 Å². The molecule has 0 saturated carbocycles. The maximum Gasteiger partial charge on any atom is 0.231 e. The van der Waals surface area contributed by atoms with Crippen LogP contribution in [0, 0.1) is 0 Å². The second-order valence-electron chi connectivity index (χ2n) is 5.34. The van der Waals surface area contributed by atoms with Crippen molar-refractivity contribution in [2.45, 2.75) is 19.1 Å². The van der Waals surface area contributed by atoms with Crippen LogP contribution in [0.2, 0.25) is 0 Å². The van der Waals surface area contributed by atoms with Gasteiger partial charge in [0.2, 0.25) is 12.7 Å². The van der Waals surface area contributed by atoms with Crippen LogP contribution in [0.1, 0.15) is 12.0 Å². The number of rotatable bonds is 4. The molecule has 1 aromatic carbocycles. The van der Waals surface area contributed by atoms with Gasteiger partial charge in [-0.1, -0.05) is 6.07 Å². The number of halogens is 1. The Bertz CT molecular complexity index is 520. The van der Waals surface area contributed by atoms with E-state index in [-0.39, 0.29) is 31.2 Å². The third-order valence-electron chi connectivity index (χ3n) is 3.69. The summed E-state index contributed by atoms with van der Waals surface area (Å²) < 4.78 is 16.2. The van der Waals surface area contributed by atoms with Crippen molar-refractivity contribution in [3.05, 3.63) is 23.8 Å². The minimum absolute atomic E-state index is 0. The summed E-state index contributed by atoms with van der Waals surface area (Å²) in [5.74, 6) is 1.59. The van der Waals surface area contributed by atoms with E-state index in [2.05, 4.69) is 5.32 Å². The van der Waals surface area contributed by atoms with Crippen molar-refractivity contribution in [1.29, 1.82) is 0 Å². The lowest BCUT2D eigenvalue weighted by Gasteiger charge is -2.25. The van der Waals surface area contributed by atoms with Gasteiger partial charge in [0.05, 0.1) is 19.1 Å². The number of amides is 1. The fraction of sp³-hybridized carbons (Fsp3) is 0.533. The Labute approximate surface area is 136 Å². The first kappa shape index (κ1) is 16.9. The fourth-order valence-corrected chi connectivity index (χ4v) is 2.50. The third-order valence-corrected chi connectivity index (χ3v) is 3.69. The molecule has 1 unspecified atom stereocenters. The molecule has 22 heavy (non-hydrogen) atoms. The summed E-state index contributed by atoms with van der Waals surface area (Å²) in [7, 11) is 1.81. The highest BCUT2D eigenvalue weighted by Crippen LogP contribution is 2.32. The third kappa shape index (κ3) is 4.03. The molecule has 122 valence electrons. The molecule has 6 nitrogen and oxygen atoms in total. The van der Waals surface area contributed by atoms with E-state index in [9.17, 15) is 4.79 Å². The van der Waals surface area contributed by atoms with E-state index in [0.717, 1.165) is 30.2 Å². The number of benzene rings is 1. The van der Waals surface area contributed by atoms with Gasteiger partial charge >= 0.3 is 0 Å². The Morgan fingerprint density at radius 3 is 2.95 bits per heavy atom. The van der Waals surface area contributed by atoms with Crippen LogP contribution in [-0.4, -0.2) is 50.4 Å². The molecule has 1 aromatic rings. The van der Waals surface area contributed by atoms with E-state index in [0.29, 0.717) is 19.6 Å². The van der Waals surface area contributed by atoms with Gasteiger partial charge < -0.3 is 24.4 Å². The van der Waals surface area contributed by atoms with Crippen LogP contribution in [0.15, 0.2) is 18.2 Å². The van der Waals surface area contributed by atoms with Crippen LogP contribution in [0.3, 0.4) is 0 Å². The first-order valence-electron chi connectivity index (χ1n) is 7.17. The van der Waals surface area contributed by atoms with E-state index < -0.39 is 0 Å². The Hall–Kier alpha value is -1.50. The van der Waals surface area contributed by atoms with Crippen molar-refractivity contribution >= 4 is 18.3 Å². The molecule has 3 rings (SSSR count). The number of hydrogen-bond acceptors (Lipinski definition) is 5. The molecule has 1 amide bonds. The second-order valence-corrected chi connectivity index (χ2v) is 5.34. The lowest BCUT2D eigenvalue weighted by molar-refractivity contribution is -0.133. The van der Waals surface area contributed by atoms with Crippen molar-refractivity contribution in [2.75, 3.05) is 33.5 Å². The van der Waals surface area contributed by atoms with E-state index in [1.165, 1.54) is 0 Å². The van der Waals surface area contributed by atoms with E-state index >= 15 is 0 Å². The number of carbonyl (C=O) groups is 1. The molecule has 1 fully saturated rings. The fourth-order valence-electron chi connectivity index (χ4n) is 2.50. The Morgan fingerprint density at radius 2 is 2.18 bits per heavy atom. The van der Waals surface area contributed by atoms with Crippen molar-refractivity contribution < 1.29 is 19.0 Å². The van der Waals surface area contributed by atoms with Gasteiger partial charge in [-0.15, -0.1) is 12.4 Å². The highest BCUT2D eigenvalue weighted by molar-refractivity contribution is 5.85. The summed E-state index contributed by atoms with van der Waals surface area (Å²) in [5.41, 5.74) is 1.03. The number of morpholine rings is 1. The molecule has 1 N–H and O–H groups in total. The topological polar surface area (TPSA) is 60.0 Å². The molecule has 0 aliphatic carbocycles. The monoisotopic (exact) mass is 328 g/mol. The molecule has 2 aliphatic heterocycles. The quantitative estimate of drug-likeness (QED) is 0.899. The average Bonchev–Trinajstić information content (AvgIpc) is 2.95. The van der Waals surface area contributed by atoms with Gasteiger partial charge in [-0.2, -0.15) is 0 Å². The van der Waals surface area contributed by atoms with Gasteiger partial charge in [0.25, 0.3) is 0 Å². The summed E-state index contributed by atoms with van der Waals surface area (Å²) >= 11 is 0. The Kier molecular flexibility index (Phi) is 5.88. The summed E-state index contributed by atoms with van der Waals surface area (Å²) in [4.78, 5) is 13.9. The molecule has 0 spiro atoms. The molecule has 2 aliphatic rings. The zero-order valence-electron chi connectivity index (χ0n) is 12.5. The minimum Gasteiger partial charge on any atom is -0.454 e. The SMILES string of the molecule is CN(Cc1ccc2c(c1)OCO2)C(=O)CC1CNCCO1.Cl. The smallest absolute Gasteiger partial charge is 0.231 e. The Morgan fingerprint density at radius 1 is 1.36 bits per heavy atom. The molecular formula is C15H21ClN2O4. The summed E-state index contributed by atoms with van der Waals surface area (Å²) in [6.07, 6.45) is 0.388. The molecular weight excluding hydrogens is 308 g/mol. The first-order valence-corrected chi connectivity index (χ1v) is 7.17.